The van der Waals surface area contributed by atoms with Gasteiger partial charge in [-0.3, -0.25) is 4.79 Å². The first-order valence-electron chi connectivity index (χ1n) is 8.37. The molecule has 0 spiro atoms. The molecule has 0 saturated heterocycles. The van der Waals surface area contributed by atoms with Gasteiger partial charge in [-0.05, 0) is 54.8 Å². The number of carboxylic acids is 1. The Hall–Kier alpha value is -3.11. The van der Waals surface area contributed by atoms with E-state index in [0.29, 0.717) is 16.1 Å². The highest BCUT2D eigenvalue weighted by atomic mass is 35.5. The van der Waals surface area contributed by atoms with Gasteiger partial charge in [0.1, 0.15) is 0 Å². The first kappa shape index (κ1) is 18.7. The van der Waals surface area contributed by atoms with Crippen LogP contribution in [0.4, 0.5) is 5.69 Å². The molecule has 0 atom stereocenters. The van der Waals surface area contributed by atoms with Gasteiger partial charge >= 0.3 is 5.97 Å². The zero-order valence-electron chi connectivity index (χ0n) is 14.9. The highest BCUT2D eigenvalue weighted by molar-refractivity contribution is 6.31. The molecular weight excluding hydrogens is 362 g/mol. The van der Waals surface area contributed by atoms with Gasteiger partial charge in [0.15, 0.2) is 0 Å². The highest BCUT2D eigenvalue weighted by Crippen LogP contribution is 2.27. The van der Waals surface area contributed by atoms with Crippen LogP contribution >= 0.6 is 11.6 Å². The summed E-state index contributed by atoms with van der Waals surface area (Å²) in [6.07, 6.45) is 0. The van der Waals surface area contributed by atoms with Crippen molar-refractivity contribution >= 4 is 29.2 Å². The van der Waals surface area contributed by atoms with Crippen LogP contribution in [0.15, 0.2) is 60.7 Å². The molecule has 27 heavy (non-hydrogen) atoms. The first-order valence-corrected chi connectivity index (χ1v) is 8.75. The first-order chi connectivity index (χ1) is 12.8. The van der Waals surface area contributed by atoms with E-state index in [-0.39, 0.29) is 17.2 Å². The Morgan fingerprint density at radius 3 is 2.30 bits per heavy atom. The Labute approximate surface area is 162 Å². The van der Waals surface area contributed by atoms with Gasteiger partial charge in [-0.15, -0.1) is 0 Å². The minimum atomic E-state index is -1.15. The summed E-state index contributed by atoms with van der Waals surface area (Å²) >= 11 is 5.94. The van der Waals surface area contributed by atoms with Crippen LogP contribution in [0.2, 0.25) is 5.02 Å². The number of aromatic carboxylic acids is 1. The molecule has 0 radical (unpaired) electrons. The smallest absolute Gasteiger partial charge is 0.337 e. The Morgan fingerprint density at radius 1 is 0.926 bits per heavy atom. The highest BCUT2D eigenvalue weighted by Gasteiger charge is 2.17. The zero-order chi connectivity index (χ0) is 19.6. The molecular formula is C22H18ClNO3. The number of hydrogen-bond donors (Lipinski definition) is 2. The van der Waals surface area contributed by atoms with Crippen LogP contribution in [0.1, 0.15) is 31.8 Å². The number of amides is 1. The van der Waals surface area contributed by atoms with Crippen molar-refractivity contribution in [2.24, 2.45) is 0 Å². The number of carbonyl (C=O) groups is 2. The third kappa shape index (κ3) is 4.18. The van der Waals surface area contributed by atoms with E-state index in [1.807, 2.05) is 37.3 Å². The summed E-state index contributed by atoms with van der Waals surface area (Å²) in [5, 5.41) is 12.4. The maximum atomic E-state index is 12.7. The Kier molecular flexibility index (Phi) is 5.28. The molecule has 0 unspecified atom stereocenters. The van der Waals surface area contributed by atoms with Crippen molar-refractivity contribution in [3.63, 3.8) is 0 Å². The fourth-order valence-electron chi connectivity index (χ4n) is 2.85. The summed E-state index contributed by atoms with van der Waals surface area (Å²) in [4.78, 5) is 24.2. The van der Waals surface area contributed by atoms with Crippen LogP contribution in [0.5, 0.6) is 0 Å². The zero-order valence-corrected chi connectivity index (χ0v) is 15.7. The van der Waals surface area contributed by atoms with Crippen LogP contribution in [0, 0.1) is 13.8 Å². The van der Waals surface area contributed by atoms with Crippen LogP contribution < -0.4 is 5.32 Å². The summed E-state index contributed by atoms with van der Waals surface area (Å²) in [6, 6.07) is 18.2. The average Bonchev–Trinajstić information content (AvgIpc) is 2.64. The van der Waals surface area contributed by atoms with E-state index in [0.717, 1.165) is 16.7 Å². The fraction of sp³-hybridized carbons (Fsp3) is 0.0909. The summed E-state index contributed by atoms with van der Waals surface area (Å²) in [7, 11) is 0. The minimum Gasteiger partial charge on any atom is -0.478 e. The third-order valence-corrected chi connectivity index (χ3v) is 4.50. The van der Waals surface area contributed by atoms with Crippen LogP contribution in [-0.2, 0) is 0 Å². The van der Waals surface area contributed by atoms with Gasteiger partial charge in [-0.25, -0.2) is 4.79 Å². The molecule has 0 fully saturated rings. The number of anilines is 1. The summed E-state index contributed by atoms with van der Waals surface area (Å²) < 4.78 is 0. The molecule has 3 rings (SSSR count). The molecule has 3 aromatic rings. The Morgan fingerprint density at radius 2 is 1.63 bits per heavy atom. The normalized spacial score (nSPS) is 10.5. The lowest BCUT2D eigenvalue weighted by Gasteiger charge is -2.13. The van der Waals surface area contributed by atoms with Gasteiger partial charge in [0, 0.05) is 10.6 Å². The quantitative estimate of drug-likeness (QED) is 0.622. The molecule has 3 aromatic carbocycles. The molecule has 1 amide bonds. The Bertz CT molecular complexity index is 1030. The van der Waals surface area contributed by atoms with Crippen molar-refractivity contribution in [3.8, 4) is 11.1 Å². The van der Waals surface area contributed by atoms with Gasteiger partial charge in [-0.2, -0.15) is 0 Å². The number of nitrogens with one attached hydrogen (secondary N) is 1. The molecule has 136 valence electrons. The summed E-state index contributed by atoms with van der Waals surface area (Å²) in [6.45, 7) is 3.72. The van der Waals surface area contributed by atoms with Crippen molar-refractivity contribution in [2.45, 2.75) is 13.8 Å². The van der Waals surface area contributed by atoms with Gasteiger partial charge in [0.25, 0.3) is 5.91 Å². The largest absolute Gasteiger partial charge is 0.478 e. The van der Waals surface area contributed by atoms with E-state index in [9.17, 15) is 14.7 Å². The van der Waals surface area contributed by atoms with Gasteiger partial charge < -0.3 is 10.4 Å². The van der Waals surface area contributed by atoms with E-state index < -0.39 is 5.97 Å². The van der Waals surface area contributed by atoms with E-state index in [1.54, 1.807) is 31.2 Å². The molecule has 0 aliphatic heterocycles. The van der Waals surface area contributed by atoms with Crippen LogP contribution in [-0.4, -0.2) is 17.0 Å². The molecule has 0 aliphatic rings. The molecule has 0 heterocycles. The molecule has 0 saturated carbocycles. The van der Waals surface area contributed by atoms with Crippen LogP contribution in [0.25, 0.3) is 11.1 Å². The monoisotopic (exact) mass is 379 g/mol. The Balaban J connectivity index is 1.93. The number of hydrogen-bond acceptors (Lipinski definition) is 2. The topological polar surface area (TPSA) is 66.4 Å². The molecule has 4 nitrogen and oxygen atoms in total. The van der Waals surface area contributed by atoms with Crippen molar-refractivity contribution in [2.75, 3.05) is 5.32 Å². The summed E-state index contributed by atoms with van der Waals surface area (Å²) in [5.74, 6) is -1.53. The van der Waals surface area contributed by atoms with Crippen LogP contribution in [0.3, 0.4) is 0 Å². The number of carboxylic acid groups (broad SMARTS) is 1. The average molecular weight is 380 g/mol. The number of rotatable bonds is 4. The predicted octanol–water partition coefficient (Wildman–Crippen LogP) is 5.57. The molecule has 5 heteroatoms. The number of benzene rings is 3. The molecule has 2 N–H and O–H groups in total. The van der Waals surface area contributed by atoms with Gasteiger partial charge in [-0.1, -0.05) is 53.6 Å². The second-order valence-corrected chi connectivity index (χ2v) is 6.79. The van der Waals surface area contributed by atoms with E-state index in [4.69, 9.17) is 11.6 Å². The second-order valence-electron chi connectivity index (χ2n) is 6.35. The lowest BCUT2D eigenvalue weighted by Crippen LogP contribution is -2.16. The number of halogens is 1. The summed E-state index contributed by atoms with van der Waals surface area (Å²) in [5.41, 5.74) is 4.31. The number of carbonyl (C=O) groups excluding carboxylic acids is 1. The van der Waals surface area contributed by atoms with Gasteiger partial charge in [0.2, 0.25) is 0 Å². The SMILES string of the molecule is Cc1ccc(-c2cccc(C(=O)Nc3c(C)cc(Cl)cc3C(=O)O)c2)cc1. The number of aryl methyl sites for hydroxylation is 2. The lowest BCUT2D eigenvalue weighted by molar-refractivity contribution is 0.0698. The lowest BCUT2D eigenvalue weighted by atomic mass is 10.0. The minimum absolute atomic E-state index is 0.0389. The standard InChI is InChI=1S/C22H18ClNO3/c1-13-6-8-15(9-7-13)16-4-3-5-17(11-16)21(25)24-20-14(2)10-18(23)12-19(20)22(26)27/h3-12H,1-2H3,(H,24,25)(H,26,27). The van der Waals surface area contributed by atoms with Crippen molar-refractivity contribution in [1.29, 1.82) is 0 Å². The predicted molar refractivity (Wildman–Crippen MR) is 108 cm³/mol. The maximum Gasteiger partial charge on any atom is 0.337 e. The second kappa shape index (κ2) is 7.64. The maximum absolute atomic E-state index is 12.7. The van der Waals surface area contributed by atoms with Crippen molar-refractivity contribution < 1.29 is 14.7 Å². The molecule has 0 bridgehead atoms. The van der Waals surface area contributed by atoms with E-state index >= 15 is 0 Å². The van der Waals surface area contributed by atoms with Gasteiger partial charge in [0.05, 0.1) is 11.3 Å². The van der Waals surface area contributed by atoms with Crippen molar-refractivity contribution in [1.82, 2.24) is 0 Å². The fourth-order valence-corrected chi connectivity index (χ4v) is 3.12. The molecule has 0 aromatic heterocycles. The third-order valence-electron chi connectivity index (χ3n) is 4.28. The van der Waals surface area contributed by atoms with Crippen molar-refractivity contribution in [3.05, 3.63) is 87.9 Å². The molecule has 0 aliphatic carbocycles. The van der Waals surface area contributed by atoms with E-state index in [2.05, 4.69) is 5.32 Å². The van der Waals surface area contributed by atoms with E-state index in [1.165, 1.54) is 6.07 Å².